The van der Waals surface area contributed by atoms with E-state index in [2.05, 4.69) is 26.9 Å². The van der Waals surface area contributed by atoms with E-state index in [1.54, 1.807) is 0 Å². The highest BCUT2D eigenvalue weighted by Gasteiger charge is 1.94. The number of nitrogens with one attached hydrogen (secondary N) is 1. The van der Waals surface area contributed by atoms with Crippen LogP contribution in [-0.2, 0) is 0 Å². The summed E-state index contributed by atoms with van der Waals surface area (Å²) in [6.45, 7) is 0.0905. The van der Waals surface area contributed by atoms with E-state index in [0.29, 0.717) is 5.56 Å². The number of aromatic nitrogens is 1. The lowest BCUT2D eigenvalue weighted by atomic mass is 10.3. The van der Waals surface area contributed by atoms with Gasteiger partial charge in [0.25, 0.3) is 5.56 Å². The second kappa shape index (κ2) is 4.97. The Balaban J connectivity index is 2.85. The van der Waals surface area contributed by atoms with Gasteiger partial charge in [0.1, 0.15) is 5.02 Å². The third-order valence-electron chi connectivity index (χ3n) is 1.30. The molecule has 1 aromatic rings. The van der Waals surface area contributed by atoms with Crippen molar-refractivity contribution in [1.29, 1.82) is 0 Å². The molecule has 0 aromatic carbocycles. The molecule has 70 valence electrons. The molecule has 14 heavy (non-hydrogen) atoms. The summed E-state index contributed by atoms with van der Waals surface area (Å²) in [7, 11) is 0. The average Bonchev–Trinajstić information content (AvgIpc) is 2.18. The predicted octanol–water partition coefficient (Wildman–Crippen LogP) is 1.69. The quantitative estimate of drug-likeness (QED) is 0.324. The van der Waals surface area contributed by atoms with Gasteiger partial charge in [0, 0.05) is 16.7 Å². The molecule has 1 N–H and O–H groups in total. The van der Waals surface area contributed by atoms with E-state index in [9.17, 15) is 4.79 Å². The smallest absolute Gasteiger partial charge is 0.266 e. The predicted molar refractivity (Wildman–Crippen MR) is 53.0 cm³/mol. The topological polar surface area (TPSA) is 81.6 Å². The van der Waals surface area contributed by atoms with Crippen LogP contribution in [0.3, 0.4) is 0 Å². The van der Waals surface area contributed by atoms with E-state index >= 15 is 0 Å². The van der Waals surface area contributed by atoms with Crippen molar-refractivity contribution in [2.45, 2.75) is 0 Å². The maximum Gasteiger partial charge on any atom is 0.266 e. The van der Waals surface area contributed by atoms with Crippen molar-refractivity contribution >= 4 is 11.6 Å². The van der Waals surface area contributed by atoms with Gasteiger partial charge in [0.15, 0.2) is 0 Å². The van der Waals surface area contributed by atoms with Crippen molar-refractivity contribution < 1.29 is 0 Å². The molecule has 0 amide bonds. The molecule has 0 atom stereocenters. The van der Waals surface area contributed by atoms with Crippen LogP contribution in [0.15, 0.2) is 22.2 Å². The van der Waals surface area contributed by atoms with E-state index in [1.807, 2.05) is 0 Å². The molecule has 0 aliphatic rings. The van der Waals surface area contributed by atoms with Crippen molar-refractivity contribution in [2.24, 2.45) is 5.11 Å². The normalized spacial score (nSPS) is 8.36. The Morgan fingerprint density at radius 1 is 1.71 bits per heavy atom. The average molecular weight is 209 g/mol. The molecule has 5 nitrogen and oxygen atoms in total. The summed E-state index contributed by atoms with van der Waals surface area (Å²) in [6, 6.07) is 1.45. The highest BCUT2D eigenvalue weighted by molar-refractivity contribution is 6.30. The van der Waals surface area contributed by atoms with Gasteiger partial charge in [-0.3, -0.25) is 4.79 Å². The first-order valence-corrected chi connectivity index (χ1v) is 4.00. The van der Waals surface area contributed by atoms with Crippen LogP contribution in [-0.4, -0.2) is 11.5 Å². The lowest BCUT2D eigenvalue weighted by Gasteiger charge is -1.89. The fourth-order valence-electron chi connectivity index (χ4n) is 0.737. The fourth-order valence-corrected chi connectivity index (χ4v) is 0.909. The van der Waals surface area contributed by atoms with Crippen molar-refractivity contribution in [3.63, 3.8) is 0 Å². The number of H-pyrrole nitrogens is 1. The molecule has 1 rings (SSSR count). The Kier molecular flexibility index (Phi) is 3.62. The minimum absolute atomic E-state index is 0.0839. The molecule has 0 fully saturated rings. The highest BCUT2D eigenvalue weighted by Crippen LogP contribution is 2.01. The van der Waals surface area contributed by atoms with Crippen LogP contribution < -0.4 is 5.56 Å². The third kappa shape index (κ3) is 2.87. The van der Waals surface area contributed by atoms with Crippen LogP contribution in [0.4, 0.5) is 0 Å². The SMILES string of the molecule is [N-]=[N+]=NCC#Cc1c[nH]c(=O)c(Cl)c1. The Bertz CT molecular complexity index is 490. The summed E-state index contributed by atoms with van der Waals surface area (Å²) < 4.78 is 0. The number of pyridine rings is 1. The molecule has 6 heteroatoms. The van der Waals surface area contributed by atoms with Crippen LogP contribution in [0.1, 0.15) is 5.56 Å². The number of halogens is 1. The Hall–Kier alpha value is -1.89. The lowest BCUT2D eigenvalue weighted by Crippen LogP contribution is -2.04. The molecule has 0 saturated heterocycles. The number of rotatable bonds is 1. The zero-order valence-corrected chi connectivity index (χ0v) is 7.75. The van der Waals surface area contributed by atoms with Gasteiger partial charge in [0.05, 0.1) is 6.54 Å². The Morgan fingerprint density at radius 2 is 2.50 bits per heavy atom. The summed E-state index contributed by atoms with van der Waals surface area (Å²) in [6.07, 6.45) is 1.44. The molecular formula is C8H5ClN4O. The first kappa shape index (κ1) is 10.2. The highest BCUT2D eigenvalue weighted by atomic mass is 35.5. The summed E-state index contributed by atoms with van der Waals surface area (Å²) in [5.74, 6) is 5.28. The molecule has 1 heterocycles. The van der Waals surface area contributed by atoms with Gasteiger partial charge in [0.2, 0.25) is 0 Å². The van der Waals surface area contributed by atoms with Gasteiger partial charge in [-0.2, -0.15) is 0 Å². The lowest BCUT2D eigenvalue weighted by molar-refractivity contribution is 1.22. The Labute approximate surface area is 84.3 Å². The minimum Gasteiger partial charge on any atom is -0.327 e. The van der Waals surface area contributed by atoms with E-state index < -0.39 is 0 Å². The van der Waals surface area contributed by atoms with Crippen molar-refractivity contribution in [3.05, 3.63) is 43.6 Å². The first-order valence-electron chi connectivity index (χ1n) is 3.62. The number of hydrogen-bond donors (Lipinski definition) is 1. The van der Waals surface area contributed by atoms with E-state index in [1.165, 1.54) is 12.3 Å². The number of azide groups is 1. The molecule has 1 aromatic heterocycles. The standard InChI is InChI=1S/C8H5ClN4O/c9-7-4-6(5-11-8(7)14)2-1-3-12-13-10/h4-5H,3H2,(H,11,14). The minimum atomic E-state index is -0.354. The first-order chi connectivity index (χ1) is 6.74. The van der Waals surface area contributed by atoms with Crippen molar-refractivity contribution in [3.8, 4) is 11.8 Å². The number of hydrogen-bond acceptors (Lipinski definition) is 2. The molecule has 0 radical (unpaired) electrons. The van der Waals surface area contributed by atoms with Gasteiger partial charge in [-0.1, -0.05) is 28.6 Å². The third-order valence-corrected chi connectivity index (χ3v) is 1.58. The molecular weight excluding hydrogens is 204 g/mol. The zero-order chi connectivity index (χ0) is 10.4. The Morgan fingerprint density at radius 3 is 3.14 bits per heavy atom. The van der Waals surface area contributed by atoms with Crippen molar-refractivity contribution in [2.75, 3.05) is 6.54 Å². The van der Waals surface area contributed by atoms with Gasteiger partial charge >= 0.3 is 0 Å². The maximum atomic E-state index is 10.8. The monoisotopic (exact) mass is 208 g/mol. The molecule has 0 spiro atoms. The van der Waals surface area contributed by atoms with Gasteiger partial charge in [-0.05, 0) is 11.6 Å². The fraction of sp³-hybridized carbons (Fsp3) is 0.125. The van der Waals surface area contributed by atoms with E-state index in [4.69, 9.17) is 17.1 Å². The maximum absolute atomic E-state index is 10.8. The molecule has 0 bridgehead atoms. The van der Waals surface area contributed by atoms with Crippen LogP contribution in [0.5, 0.6) is 0 Å². The van der Waals surface area contributed by atoms with Crippen molar-refractivity contribution in [1.82, 2.24) is 4.98 Å². The summed E-state index contributed by atoms with van der Waals surface area (Å²) in [5.41, 5.74) is 8.18. The number of aromatic amines is 1. The van der Waals surface area contributed by atoms with Gasteiger partial charge in [-0.25, -0.2) is 0 Å². The van der Waals surface area contributed by atoms with Gasteiger partial charge < -0.3 is 4.98 Å². The second-order valence-electron chi connectivity index (χ2n) is 2.26. The van der Waals surface area contributed by atoms with Gasteiger partial charge in [-0.15, -0.1) is 0 Å². The summed E-state index contributed by atoms with van der Waals surface area (Å²) in [4.78, 5) is 15.8. The summed E-state index contributed by atoms with van der Waals surface area (Å²) >= 11 is 5.56. The summed E-state index contributed by atoms with van der Waals surface area (Å²) in [5, 5.41) is 3.31. The largest absolute Gasteiger partial charge is 0.327 e. The van der Waals surface area contributed by atoms with E-state index in [0.717, 1.165) is 0 Å². The van der Waals surface area contributed by atoms with Crippen LogP contribution >= 0.6 is 11.6 Å². The van der Waals surface area contributed by atoms with E-state index in [-0.39, 0.29) is 17.1 Å². The number of nitrogens with zero attached hydrogens (tertiary/aromatic N) is 3. The molecule has 0 aliphatic heterocycles. The van der Waals surface area contributed by atoms with Crippen LogP contribution in [0.25, 0.3) is 10.4 Å². The zero-order valence-electron chi connectivity index (χ0n) is 6.99. The molecule has 0 aliphatic carbocycles. The van der Waals surface area contributed by atoms with Crippen LogP contribution in [0, 0.1) is 11.8 Å². The molecule has 0 saturated carbocycles. The second-order valence-corrected chi connectivity index (χ2v) is 2.66. The molecule has 0 unspecified atom stereocenters. The van der Waals surface area contributed by atoms with Crippen LogP contribution in [0.2, 0.25) is 5.02 Å².